The largest absolute Gasteiger partial charge is 0.481 e. The molecular formula is C14H15NO4. The summed E-state index contributed by atoms with van der Waals surface area (Å²) in [7, 11) is 1.76. The van der Waals surface area contributed by atoms with E-state index in [9.17, 15) is 9.59 Å². The highest BCUT2D eigenvalue weighted by molar-refractivity contribution is 6.01. The fraction of sp³-hybridized carbons (Fsp3) is 0.429. The number of hydrogen-bond acceptors (Lipinski definition) is 3. The molecule has 1 N–H and O–H groups in total. The Morgan fingerprint density at radius 3 is 2.79 bits per heavy atom. The second kappa shape index (κ2) is 4.06. The maximum Gasteiger partial charge on any atom is 0.304 e. The van der Waals surface area contributed by atoms with E-state index in [1.165, 1.54) is 0 Å². The Morgan fingerprint density at radius 2 is 2.21 bits per heavy atom. The molecule has 100 valence electrons. The van der Waals surface area contributed by atoms with Crippen molar-refractivity contribution in [2.24, 2.45) is 0 Å². The average Bonchev–Trinajstić information content (AvgIpc) is 2.59. The highest BCUT2D eigenvalue weighted by atomic mass is 16.5. The molecule has 1 aromatic rings. The van der Waals surface area contributed by atoms with Gasteiger partial charge in [-0.25, -0.2) is 0 Å². The van der Waals surface area contributed by atoms with E-state index in [1.807, 2.05) is 18.2 Å². The van der Waals surface area contributed by atoms with Gasteiger partial charge >= 0.3 is 5.97 Å². The third-order valence-corrected chi connectivity index (χ3v) is 4.02. The molecule has 5 nitrogen and oxygen atoms in total. The molecule has 0 radical (unpaired) electrons. The fourth-order valence-electron chi connectivity index (χ4n) is 2.81. The maximum atomic E-state index is 11.7. The lowest BCUT2D eigenvalue weighted by atomic mass is 9.75. The molecule has 1 fully saturated rings. The van der Waals surface area contributed by atoms with Crippen molar-refractivity contribution in [1.29, 1.82) is 0 Å². The van der Waals surface area contributed by atoms with Crippen molar-refractivity contribution in [3.8, 4) is 0 Å². The van der Waals surface area contributed by atoms with Gasteiger partial charge in [-0.2, -0.15) is 0 Å². The number of nitrogens with zero attached hydrogens (tertiary/aromatic N) is 1. The summed E-state index contributed by atoms with van der Waals surface area (Å²) in [6.45, 7) is 0.865. The lowest BCUT2D eigenvalue weighted by molar-refractivity contribution is -0.145. The van der Waals surface area contributed by atoms with Gasteiger partial charge in [0.15, 0.2) is 0 Å². The highest BCUT2D eigenvalue weighted by Crippen LogP contribution is 2.39. The van der Waals surface area contributed by atoms with Crippen LogP contribution in [-0.2, 0) is 26.2 Å². The Morgan fingerprint density at radius 1 is 1.47 bits per heavy atom. The molecule has 0 saturated carbocycles. The van der Waals surface area contributed by atoms with Crippen molar-refractivity contribution in [1.82, 2.24) is 0 Å². The molecule has 2 aliphatic rings. The Labute approximate surface area is 110 Å². The maximum absolute atomic E-state index is 11.7. The van der Waals surface area contributed by atoms with Gasteiger partial charge in [0.2, 0.25) is 5.91 Å². The van der Waals surface area contributed by atoms with E-state index in [-0.39, 0.29) is 12.3 Å². The Balaban J connectivity index is 1.97. The first-order chi connectivity index (χ1) is 9.02. The van der Waals surface area contributed by atoms with Gasteiger partial charge in [0.25, 0.3) is 0 Å². The van der Waals surface area contributed by atoms with Gasteiger partial charge in [0.05, 0.1) is 31.5 Å². The molecule has 0 unspecified atom stereocenters. The molecule has 0 aromatic heterocycles. The lowest BCUT2D eigenvalue weighted by Crippen LogP contribution is -2.48. The number of benzene rings is 1. The van der Waals surface area contributed by atoms with E-state index >= 15 is 0 Å². The highest BCUT2D eigenvalue weighted by Gasteiger charge is 2.43. The average molecular weight is 261 g/mol. The van der Waals surface area contributed by atoms with E-state index < -0.39 is 11.4 Å². The molecule has 2 heterocycles. The Bertz CT molecular complexity index is 563. The number of amides is 1. The lowest BCUT2D eigenvalue weighted by Gasteiger charge is -2.41. The van der Waals surface area contributed by atoms with Crippen LogP contribution in [0.3, 0.4) is 0 Å². The zero-order chi connectivity index (χ0) is 13.6. The summed E-state index contributed by atoms with van der Waals surface area (Å²) in [4.78, 5) is 24.3. The molecule has 1 aromatic carbocycles. The monoisotopic (exact) mass is 261 g/mol. The van der Waals surface area contributed by atoms with Gasteiger partial charge in [0.1, 0.15) is 0 Å². The molecule has 0 bridgehead atoms. The minimum Gasteiger partial charge on any atom is -0.481 e. The van der Waals surface area contributed by atoms with Crippen LogP contribution in [0.5, 0.6) is 0 Å². The molecule has 1 amide bonds. The molecule has 0 aliphatic carbocycles. The van der Waals surface area contributed by atoms with E-state index in [1.54, 1.807) is 11.9 Å². The topological polar surface area (TPSA) is 66.8 Å². The third-order valence-electron chi connectivity index (χ3n) is 4.02. The minimum absolute atomic E-state index is 0.0651. The fourth-order valence-corrected chi connectivity index (χ4v) is 2.81. The standard InChI is InChI=1S/C14H15NO4/c1-15-11-3-2-10(4-9(11)5-12(15)16)14(6-13(17)18)7-19-8-14/h2-4H,5-8H2,1H3,(H,17,18). The van der Waals surface area contributed by atoms with Crippen molar-refractivity contribution in [3.63, 3.8) is 0 Å². The van der Waals surface area contributed by atoms with E-state index in [4.69, 9.17) is 9.84 Å². The molecule has 0 spiro atoms. The zero-order valence-electron chi connectivity index (χ0n) is 10.7. The summed E-state index contributed by atoms with van der Waals surface area (Å²) in [5.74, 6) is -0.749. The molecule has 5 heteroatoms. The van der Waals surface area contributed by atoms with Crippen molar-refractivity contribution in [2.75, 3.05) is 25.2 Å². The summed E-state index contributed by atoms with van der Waals surface area (Å²) >= 11 is 0. The van der Waals surface area contributed by atoms with Crippen molar-refractivity contribution < 1.29 is 19.4 Å². The first-order valence-corrected chi connectivity index (χ1v) is 6.21. The van der Waals surface area contributed by atoms with Crippen LogP contribution in [0.1, 0.15) is 17.5 Å². The smallest absolute Gasteiger partial charge is 0.304 e. The van der Waals surface area contributed by atoms with Gasteiger partial charge in [0, 0.05) is 12.7 Å². The number of likely N-dealkylation sites (N-methyl/N-ethyl adjacent to an activating group) is 1. The van der Waals surface area contributed by atoms with Crippen molar-refractivity contribution in [2.45, 2.75) is 18.3 Å². The third kappa shape index (κ3) is 1.81. The Kier molecular flexibility index (Phi) is 2.60. The molecule has 0 atom stereocenters. The Hall–Kier alpha value is -1.88. The van der Waals surface area contributed by atoms with Gasteiger partial charge in [-0.3, -0.25) is 9.59 Å². The van der Waals surface area contributed by atoms with Crippen LogP contribution in [0.25, 0.3) is 0 Å². The molecule has 2 aliphatic heterocycles. The quantitative estimate of drug-likeness (QED) is 0.879. The number of aliphatic carboxylic acids is 1. The molecule has 3 rings (SSSR count). The number of ether oxygens (including phenoxy) is 1. The zero-order valence-corrected chi connectivity index (χ0v) is 10.7. The van der Waals surface area contributed by atoms with Gasteiger partial charge in [-0.15, -0.1) is 0 Å². The number of carboxylic acid groups (broad SMARTS) is 1. The summed E-state index contributed by atoms with van der Waals surface area (Å²) in [6.07, 6.45) is 0.458. The SMILES string of the molecule is CN1C(=O)Cc2cc(C3(CC(=O)O)COC3)ccc21. The van der Waals surface area contributed by atoms with Crippen LogP contribution in [-0.4, -0.2) is 37.2 Å². The summed E-state index contributed by atoms with van der Waals surface area (Å²) in [5, 5.41) is 9.04. The number of hydrogen-bond donors (Lipinski definition) is 1. The van der Waals surface area contributed by atoms with Crippen molar-refractivity contribution >= 4 is 17.6 Å². The number of anilines is 1. The van der Waals surface area contributed by atoms with E-state index in [2.05, 4.69) is 0 Å². The number of carboxylic acids is 1. The first-order valence-electron chi connectivity index (χ1n) is 6.21. The summed E-state index contributed by atoms with van der Waals surface area (Å²) in [5.41, 5.74) is 2.43. The van der Waals surface area contributed by atoms with E-state index in [0.717, 1.165) is 16.8 Å². The second-order valence-corrected chi connectivity index (χ2v) is 5.32. The van der Waals surface area contributed by atoms with Gasteiger partial charge in [-0.1, -0.05) is 12.1 Å². The number of carbonyl (C=O) groups is 2. The molecule has 1 saturated heterocycles. The predicted octanol–water partition coefficient (Wildman–Crippen LogP) is 0.948. The summed E-state index contributed by atoms with van der Waals surface area (Å²) < 4.78 is 5.21. The number of fused-ring (bicyclic) bond motifs is 1. The minimum atomic E-state index is -0.822. The molecular weight excluding hydrogens is 246 g/mol. The van der Waals surface area contributed by atoms with Crippen LogP contribution in [0.15, 0.2) is 18.2 Å². The normalized spacial score (nSPS) is 20.1. The van der Waals surface area contributed by atoms with Crippen LogP contribution in [0, 0.1) is 0 Å². The van der Waals surface area contributed by atoms with Gasteiger partial charge in [-0.05, 0) is 17.2 Å². The predicted molar refractivity (Wildman–Crippen MR) is 68.3 cm³/mol. The second-order valence-electron chi connectivity index (χ2n) is 5.32. The first kappa shape index (κ1) is 12.2. The van der Waals surface area contributed by atoms with Gasteiger partial charge < -0.3 is 14.7 Å². The summed E-state index contributed by atoms with van der Waals surface area (Å²) in [6, 6.07) is 5.78. The van der Waals surface area contributed by atoms with Crippen LogP contribution >= 0.6 is 0 Å². The van der Waals surface area contributed by atoms with Crippen LogP contribution in [0.4, 0.5) is 5.69 Å². The number of rotatable bonds is 3. The number of carbonyl (C=O) groups excluding carboxylic acids is 1. The van der Waals surface area contributed by atoms with Crippen LogP contribution < -0.4 is 4.90 Å². The molecule has 19 heavy (non-hydrogen) atoms. The van der Waals surface area contributed by atoms with Crippen LogP contribution in [0.2, 0.25) is 0 Å². The van der Waals surface area contributed by atoms with E-state index in [0.29, 0.717) is 19.6 Å². The van der Waals surface area contributed by atoms with Crippen molar-refractivity contribution in [3.05, 3.63) is 29.3 Å².